The lowest BCUT2D eigenvalue weighted by molar-refractivity contribution is 0.414. The van der Waals surface area contributed by atoms with Crippen LogP contribution in [-0.2, 0) is 0 Å². The standard InChI is InChI=1S/C34H32N4O2S/c1-22-8-14-28(15-9-22)40-29-18-12-26(13-19-29)38-33(32(36-34(38)41)31-7-5-6-20-35-31)30-21-23(2)37(24(30)3)25-10-16-27(39-4)17-11-25/h5-21,32-33H,1-4H3,(H,36,41)/t32-,33+/m1/s1. The summed E-state index contributed by atoms with van der Waals surface area (Å²) in [5, 5.41) is 4.24. The predicted octanol–water partition coefficient (Wildman–Crippen LogP) is 7.78. The number of benzene rings is 3. The molecule has 1 fully saturated rings. The van der Waals surface area contributed by atoms with Gasteiger partial charge in [-0.25, -0.2) is 0 Å². The number of nitrogens with one attached hydrogen (secondary N) is 1. The molecule has 5 aromatic rings. The second-order valence-corrected chi connectivity index (χ2v) is 10.7. The Morgan fingerprint density at radius 2 is 1.41 bits per heavy atom. The van der Waals surface area contributed by atoms with Crippen LogP contribution in [0.15, 0.2) is 103 Å². The molecule has 2 atom stereocenters. The van der Waals surface area contributed by atoms with E-state index in [4.69, 9.17) is 26.7 Å². The number of rotatable bonds is 7. The molecule has 0 aliphatic carbocycles. The summed E-state index contributed by atoms with van der Waals surface area (Å²) in [7, 11) is 1.68. The zero-order valence-electron chi connectivity index (χ0n) is 23.5. The Bertz CT molecular complexity index is 1660. The van der Waals surface area contributed by atoms with E-state index < -0.39 is 0 Å². The number of nitrogens with zero attached hydrogens (tertiary/aromatic N) is 3. The molecule has 0 bridgehead atoms. The van der Waals surface area contributed by atoms with Crippen LogP contribution >= 0.6 is 12.2 Å². The van der Waals surface area contributed by atoms with E-state index in [-0.39, 0.29) is 12.1 Å². The van der Waals surface area contributed by atoms with Gasteiger partial charge < -0.3 is 24.3 Å². The summed E-state index contributed by atoms with van der Waals surface area (Å²) >= 11 is 5.97. The highest BCUT2D eigenvalue weighted by atomic mass is 32.1. The number of aryl methyl sites for hydroxylation is 2. The molecule has 7 heteroatoms. The van der Waals surface area contributed by atoms with E-state index in [0.717, 1.165) is 45.7 Å². The molecule has 41 heavy (non-hydrogen) atoms. The largest absolute Gasteiger partial charge is 0.497 e. The molecule has 3 aromatic carbocycles. The lowest BCUT2D eigenvalue weighted by atomic mass is 9.96. The fraction of sp³-hybridized carbons (Fsp3) is 0.176. The van der Waals surface area contributed by atoms with Crippen molar-refractivity contribution < 1.29 is 9.47 Å². The fourth-order valence-electron chi connectivity index (χ4n) is 5.58. The van der Waals surface area contributed by atoms with Crippen LogP contribution in [0.3, 0.4) is 0 Å². The number of hydrogen-bond donors (Lipinski definition) is 1. The Morgan fingerprint density at radius 1 is 0.780 bits per heavy atom. The zero-order chi connectivity index (χ0) is 28.5. The van der Waals surface area contributed by atoms with E-state index >= 15 is 0 Å². The lowest BCUT2D eigenvalue weighted by Gasteiger charge is -2.28. The number of pyridine rings is 1. The predicted molar refractivity (Wildman–Crippen MR) is 167 cm³/mol. The molecule has 6 nitrogen and oxygen atoms in total. The number of hydrogen-bond acceptors (Lipinski definition) is 4. The Hall–Kier alpha value is -4.62. The monoisotopic (exact) mass is 560 g/mol. The van der Waals surface area contributed by atoms with Crippen molar-refractivity contribution in [2.45, 2.75) is 32.9 Å². The van der Waals surface area contributed by atoms with Crippen molar-refractivity contribution in [1.29, 1.82) is 0 Å². The van der Waals surface area contributed by atoms with Gasteiger partial charge in [0.2, 0.25) is 0 Å². The molecular formula is C34H32N4O2S. The Kier molecular flexibility index (Phi) is 7.20. The van der Waals surface area contributed by atoms with Gasteiger partial charge in [0.05, 0.1) is 24.9 Å². The quantitative estimate of drug-likeness (QED) is 0.205. The van der Waals surface area contributed by atoms with Gasteiger partial charge in [-0.2, -0.15) is 0 Å². The molecule has 1 saturated heterocycles. The van der Waals surface area contributed by atoms with Gasteiger partial charge in [-0.3, -0.25) is 4.98 Å². The van der Waals surface area contributed by atoms with Gasteiger partial charge in [0.25, 0.3) is 0 Å². The fourth-order valence-corrected chi connectivity index (χ4v) is 5.93. The molecule has 1 aliphatic heterocycles. The summed E-state index contributed by atoms with van der Waals surface area (Å²) in [4.78, 5) is 6.91. The lowest BCUT2D eigenvalue weighted by Crippen LogP contribution is -2.29. The van der Waals surface area contributed by atoms with Gasteiger partial charge in [-0.1, -0.05) is 23.8 Å². The van der Waals surface area contributed by atoms with Crippen molar-refractivity contribution in [1.82, 2.24) is 14.9 Å². The second kappa shape index (κ2) is 11.1. The van der Waals surface area contributed by atoms with Crippen molar-refractivity contribution in [3.8, 4) is 22.9 Å². The highest BCUT2D eigenvalue weighted by molar-refractivity contribution is 7.80. The summed E-state index contributed by atoms with van der Waals surface area (Å²) in [6.07, 6.45) is 1.83. The van der Waals surface area contributed by atoms with E-state index in [1.165, 1.54) is 11.1 Å². The van der Waals surface area contributed by atoms with Gasteiger partial charge in [0.1, 0.15) is 17.2 Å². The van der Waals surface area contributed by atoms with Crippen molar-refractivity contribution in [2.75, 3.05) is 12.0 Å². The highest BCUT2D eigenvalue weighted by Crippen LogP contribution is 2.44. The van der Waals surface area contributed by atoms with Crippen LogP contribution in [0.1, 0.15) is 40.3 Å². The summed E-state index contributed by atoms with van der Waals surface area (Å²) in [6.45, 7) is 6.37. The van der Waals surface area contributed by atoms with Crippen LogP contribution in [0, 0.1) is 20.8 Å². The normalized spacial score (nSPS) is 16.5. The average molecular weight is 561 g/mol. The minimum atomic E-state index is -0.128. The first kappa shape index (κ1) is 26.6. The highest BCUT2D eigenvalue weighted by Gasteiger charge is 2.42. The number of methoxy groups -OCH3 is 1. The average Bonchev–Trinajstić information content (AvgIpc) is 3.49. The molecule has 3 heterocycles. The van der Waals surface area contributed by atoms with Crippen molar-refractivity contribution in [2.24, 2.45) is 0 Å². The van der Waals surface area contributed by atoms with Crippen LogP contribution in [-0.4, -0.2) is 21.8 Å². The van der Waals surface area contributed by atoms with Crippen LogP contribution in [0.5, 0.6) is 17.2 Å². The topological polar surface area (TPSA) is 51.5 Å². The summed E-state index contributed by atoms with van der Waals surface area (Å²) in [5.74, 6) is 2.41. The van der Waals surface area contributed by atoms with Crippen LogP contribution < -0.4 is 19.7 Å². The molecule has 1 N–H and O–H groups in total. The first-order valence-electron chi connectivity index (χ1n) is 13.6. The maximum atomic E-state index is 6.09. The summed E-state index contributed by atoms with van der Waals surface area (Å²) in [6, 6.07) is 32.3. The van der Waals surface area contributed by atoms with E-state index in [1.807, 2.05) is 66.9 Å². The number of aromatic nitrogens is 2. The van der Waals surface area contributed by atoms with Gasteiger partial charge in [0, 0.05) is 29.0 Å². The summed E-state index contributed by atoms with van der Waals surface area (Å²) in [5.41, 5.74) is 7.67. The number of anilines is 1. The molecule has 0 amide bonds. The third kappa shape index (κ3) is 5.16. The molecule has 0 radical (unpaired) electrons. The van der Waals surface area contributed by atoms with Crippen molar-refractivity contribution in [3.63, 3.8) is 0 Å². The molecule has 0 spiro atoms. The van der Waals surface area contributed by atoms with Gasteiger partial charge >= 0.3 is 0 Å². The van der Waals surface area contributed by atoms with Crippen molar-refractivity contribution >= 4 is 23.0 Å². The molecule has 6 rings (SSSR count). The van der Waals surface area contributed by atoms with E-state index in [1.54, 1.807) is 7.11 Å². The number of ether oxygens (including phenoxy) is 2. The summed E-state index contributed by atoms with van der Waals surface area (Å²) < 4.78 is 13.8. The Labute approximate surface area is 246 Å². The van der Waals surface area contributed by atoms with Crippen LogP contribution in [0.2, 0.25) is 0 Å². The maximum Gasteiger partial charge on any atom is 0.174 e. The SMILES string of the molecule is COc1ccc(-n2c(C)cc([C@H]3[C@@H](c4ccccn4)NC(=S)N3c3ccc(Oc4ccc(C)cc4)cc3)c2C)cc1. The first-order valence-corrected chi connectivity index (χ1v) is 14.0. The van der Waals surface area contributed by atoms with E-state index in [2.05, 4.69) is 72.0 Å². The third-order valence-electron chi connectivity index (χ3n) is 7.59. The minimum absolute atomic E-state index is 0.112. The zero-order valence-corrected chi connectivity index (χ0v) is 24.4. The van der Waals surface area contributed by atoms with Gasteiger partial charge in [-0.15, -0.1) is 0 Å². The molecule has 1 aliphatic rings. The smallest absolute Gasteiger partial charge is 0.174 e. The van der Waals surface area contributed by atoms with Crippen LogP contribution in [0.4, 0.5) is 5.69 Å². The van der Waals surface area contributed by atoms with Gasteiger partial charge in [-0.05, 0) is 117 Å². The minimum Gasteiger partial charge on any atom is -0.497 e. The van der Waals surface area contributed by atoms with Crippen LogP contribution in [0.25, 0.3) is 5.69 Å². The maximum absolute atomic E-state index is 6.09. The molecule has 206 valence electrons. The van der Waals surface area contributed by atoms with E-state index in [0.29, 0.717) is 5.11 Å². The van der Waals surface area contributed by atoms with Crippen molar-refractivity contribution in [3.05, 3.63) is 131 Å². The molecule has 0 saturated carbocycles. The van der Waals surface area contributed by atoms with Gasteiger partial charge in [0.15, 0.2) is 5.11 Å². The second-order valence-electron chi connectivity index (χ2n) is 10.3. The number of thiocarbonyl (C=S) groups is 1. The Balaban J connectivity index is 1.39. The molecule has 0 unspecified atom stereocenters. The molecular weight excluding hydrogens is 528 g/mol. The van der Waals surface area contributed by atoms with E-state index in [9.17, 15) is 0 Å². The Morgan fingerprint density at radius 3 is 2.05 bits per heavy atom. The third-order valence-corrected chi connectivity index (χ3v) is 7.90. The first-order chi connectivity index (χ1) is 19.9. The molecule has 2 aromatic heterocycles.